The molecular weight excluding hydrogens is 202 g/mol. The van der Waals surface area contributed by atoms with Gasteiger partial charge in [-0.15, -0.1) is 0 Å². The van der Waals surface area contributed by atoms with E-state index in [2.05, 4.69) is 15.3 Å². The molecular formula is C12H13N3O. The second-order valence-electron chi connectivity index (χ2n) is 3.41. The van der Waals surface area contributed by atoms with E-state index < -0.39 is 0 Å². The molecule has 0 spiro atoms. The number of benzene rings is 1. The van der Waals surface area contributed by atoms with E-state index in [0.717, 1.165) is 5.75 Å². The van der Waals surface area contributed by atoms with Crippen LogP contribution < -0.4 is 10.1 Å². The maximum atomic E-state index is 5.56. The summed E-state index contributed by atoms with van der Waals surface area (Å²) in [6.45, 7) is 2.03. The number of nitrogens with zero attached hydrogens (tertiary/aromatic N) is 2. The quantitative estimate of drug-likeness (QED) is 0.855. The summed E-state index contributed by atoms with van der Waals surface area (Å²) >= 11 is 0. The fourth-order valence-electron chi connectivity index (χ4n) is 1.24. The van der Waals surface area contributed by atoms with Crippen molar-refractivity contribution < 1.29 is 4.74 Å². The zero-order chi connectivity index (χ0) is 11.4. The summed E-state index contributed by atoms with van der Waals surface area (Å²) in [5.74, 6) is 1.92. The highest BCUT2D eigenvalue weighted by molar-refractivity contribution is 5.34. The Bertz CT molecular complexity index is 468. The standard InChI is InChI=1S/C12H13N3O/c1-9-3-5-10(6-4-9)16-12-8-14-7-11(13-2)15-12/h3-8H,1-2H3,(H,13,15). The molecule has 0 bridgehead atoms. The Kier molecular flexibility index (Phi) is 3.00. The van der Waals surface area contributed by atoms with Crippen molar-refractivity contribution in [3.8, 4) is 11.6 Å². The topological polar surface area (TPSA) is 47.0 Å². The summed E-state index contributed by atoms with van der Waals surface area (Å²) < 4.78 is 5.56. The first-order valence-corrected chi connectivity index (χ1v) is 5.02. The number of rotatable bonds is 3. The maximum absolute atomic E-state index is 5.56. The summed E-state index contributed by atoms with van der Waals surface area (Å²) in [4.78, 5) is 8.23. The molecule has 1 heterocycles. The van der Waals surface area contributed by atoms with Gasteiger partial charge < -0.3 is 10.1 Å². The lowest BCUT2D eigenvalue weighted by Crippen LogP contribution is -1.95. The van der Waals surface area contributed by atoms with Gasteiger partial charge in [0, 0.05) is 7.05 Å². The van der Waals surface area contributed by atoms with Crippen molar-refractivity contribution >= 4 is 5.82 Å². The Morgan fingerprint density at radius 3 is 2.56 bits per heavy atom. The van der Waals surface area contributed by atoms with Gasteiger partial charge in [0.2, 0.25) is 5.88 Å². The van der Waals surface area contributed by atoms with E-state index in [9.17, 15) is 0 Å². The highest BCUT2D eigenvalue weighted by atomic mass is 16.5. The molecule has 0 aliphatic rings. The van der Waals surface area contributed by atoms with E-state index in [-0.39, 0.29) is 0 Å². The normalized spacial score (nSPS) is 9.88. The van der Waals surface area contributed by atoms with Crippen molar-refractivity contribution in [2.24, 2.45) is 0 Å². The fourth-order valence-corrected chi connectivity index (χ4v) is 1.24. The third-order valence-corrected chi connectivity index (χ3v) is 2.11. The molecule has 0 aliphatic heterocycles. The van der Waals surface area contributed by atoms with Crippen LogP contribution in [0, 0.1) is 6.92 Å². The number of hydrogen-bond acceptors (Lipinski definition) is 4. The molecule has 0 amide bonds. The lowest BCUT2D eigenvalue weighted by atomic mass is 10.2. The van der Waals surface area contributed by atoms with Crippen LogP contribution in [0.15, 0.2) is 36.7 Å². The minimum absolute atomic E-state index is 0.482. The molecule has 0 fully saturated rings. The predicted octanol–water partition coefficient (Wildman–Crippen LogP) is 2.62. The highest BCUT2D eigenvalue weighted by Gasteiger charge is 1.99. The molecule has 0 saturated heterocycles. The van der Waals surface area contributed by atoms with Gasteiger partial charge in [-0.05, 0) is 19.1 Å². The Hall–Kier alpha value is -2.10. The molecule has 0 radical (unpaired) electrons. The van der Waals surface area contributed by atoms with Crippen LogP contribution in [0.3, 0.4) is 0 Å². The van der Waals surface area contributed by atoms with Gasteiger partial charge in [-0.1, -0.05) is 17.7 Å². The van der Waals surface area contributed by atoms with Gasteiger partial charge in [0.1, 0.15) is 11.6 Å². The molecule has 1 aromatic carbocycles. The van der Waals surface area contributed by atoms with Crippen molar-refractivity contribution in [2.75, 3.05) is 12.4 Å². The van der Waals surface area contributed by atoms with Crippen LogP contribution in [0.2, 0.25) is 0 Å². The summed E-state index contributed by atoms with van der Waals surface area (Å²) in [6.07, 6.45) is 3.22. The van der Waals surface area contributed by atoms with E-state index in [1.54, 1.807) is 19.4 Å². The zero-order valence-corrected chi connectivity index (χ0v) is 9.27. The maximum Gasteiger partial charge on any atom is 0.239 e. The SMILES string of the molecule is CNc1cncc(Oc2ccc(C)cc2)n1. The smallest absolute Gasteiger partial charge is 0.239 e. The van der Waals surface area contributed by atoms with Gasteiger partial charge in [0.05, 0.1) is 12.4 Å². The van der Waals surface area contributed by atoms with Gasteiger partial charge in [-0.3, -0.25) is 4.98 Å². The van der Waals surface area contributed by atoms with Crippen molar-refractivity contribution in [1.82, 2.24) is 9.97 Å². The fraction of sp³-hybridized carbons (Fsp3) is 0.167. The first-order chi connectivity index (χ1) is 7.78. The van der Waals surface area contributed by atoms with Crippen LogP contribution >= 0.6 is 0 Å². The Morgan fingerprint density at radius 1 is 1.12 bits per heavy atom. The molecule has 0 unspecified atom stereocenters. The molecule has 4 nitrogen and oxygen atoms in total. The molecule has 0 aliphatic carbocycles. The van der Waals surface area contributed by atoms with Gasteiger partial charge in [-0.2, -0.15) is 4.98 Å². The van der Waals surface area contributed by atoms with E-state index in [1.807, 2.05) is 31.2 Å². The van der Waals surface area contributed by atoms with E-state index >= 15 is 0 Å². The Morgan fingerprint density at radius 2 is 1.88 bits per heavy atom. The monoisotopic (exact) mass is 215 g/mol. The van der Waals surface area contributed by atoms with Crippen molar-refractivity contribution in [2.45, 2.75) is 6.92 Å². The lowest BCUT2D eigenvalue weighted by Gasteiger charge is -2.05. The molecule has 16 heavy (non-hydrogen) atoms. The molecule has 0 saturated carbocycles. The highest BCUT2D eigenvalue weighted by Crippen LogP contribution is 2.19. The van der Waals surface area contributed by atoms with Crippen LogP contribution in [0.1, 0.15) is 5.56 Å². The molecule has 1 N–H and O–H groups in total. The van der Waals surface area contributed by atoms with Crippen LogP contribution in [0.4, 0.5) is 5.82 Å². The first-order valence-electron chi connectivity index (χ1n) is 5.02. The van der Waals surface area contributed by atoms with Gasteiger partial charge in [0.15, 0.2) is 0 Å². The molecule has 1 aromatic heterocycles. The largest absolute Gasteiger partial charge is 0.437 e. The second kappa shape index (κ2) is 4.61. The van der Waals surface area contributed by atoms with Crippen LogP contribution in [-0.2, 0) is 0 Å². The van der Waals surface area contributed by atoms with Crippen molar-refractivity contribution in [3.63, 3.8) is 0 Å². The van der Waals surface area contributed by atoms with E-state index in [0.29, 0.717) is 11.7 Å². The minimum atomic E-state index is 0.482. The Labute approximate surface area is 94.3 Å². The molecule has 82 valence electrons. The molecule has 2 aromatic rings. The average Bonchev–Trinajstić information content (AvgIpc) is 2.32. The Balaban J connectivity index is 2.16. The molecule has 2 rings (SSSR count). The number of hydrogen-bond donors (Lipinski definition) is 1. The predicted molar refractivity (Wildman–Crippen MR) is 62.8 cm³/mol. The molecule has 4 heteroatoms. The summed E-state index contributed by atoms with van der Waals surface area (Å²) in [6, 6.07) is 7.79. The van der Waals surface area contributed by atoms with Crippen LogP contribution in [-0.4, -0.2) is 17.0 Å². The first kappa shape index (κ1) is 10.4. The second-order valence-corrected chi connectivity index (χ2v) is 3.41. The lowest BCUT2D eigenvalue weighted by molar-refractivity contribution is 0.461. The summed E-state index contributed by atoms with van der Waals surface area (Å²) in [7, 11) is 1.79. The average molecular weight is 215 g/mol. The number of anilines is 1. The van der Waals surface area contributed by atoms with Crippen molar-refractivity contribution in [1.29, 1.82) is 0 Å². The molecule has 0 atom stereocenters. The number of nitrogens with one attached hydrogen (secondary N) is 1. The number of ether oxygens (including phenoxy) is 1. The zero-order valence-electron chi connectivity index (χ0n) is 9.27. The van der Waals surface area contributed by atoms with Crippen LogP contribution in [0.5, 0.6) is 11.6 Å². The minimum Gasteiger partial charge on any atom is -0.437 e. The number of aryl methyl sites for hydroxylation is 1. The van der Waals surface area contributed by atoms with Gasteiger partial charge >= 0.3 is 0 Å². The van der Waals surface area contributed by atoms with Gasteiger partial charge in [-0.25, -0.2) is 0 Å². The number of aromatic nitrogens is 2. The van der Waals surface area contributed by atoms with Gasteiger partial charge in [0.25, 0.3) is 0 Å². The summed E-state index contributed by atoms with van der Waals surface area (Å²) in [5, 5.41) is 2.91. The van der Waals surface area contributed by atoms with E-state index in [1.165, 1.54) is 5.56 Å². The van der Waals surface area contributed by atoms with Crippen molar-refractivity contribution in [3.05, 3.63) is 42.2 Å². The third-order valence-electron chi connectivity index (χ3n) is 2.11. The van der Waals surface area contributed by atoms with Crippen LogP contribution in [0.25, 0.3) is 0 Å². The summed E-state index contributed by atoms with van der Waals surface area (Å²) in [5.41, 5.74) is 1.20. The third kappa shape index (κ3) is 2.48. The van der Waals surface area contributed by atoms with E-state index in [4.69, 9.17) is 4.74 Å².